The molecule has 0 N–H and O–H groups in total. The quantitative estimate of drug-likeness (QED) is 0.531. The summed E-state index contributed by atoms with van der Waals surface area (Å²) in [5.74, 6) is -0.400. The van der Waals surface area contributed by atoms with E-state index < -0.39 is 5.97 Å². The van der Waals surface area contributed by atoms with E-state index in [1.807, 2.05) is 53.1 Å². The minimum atomic E-state index is -0.400. The molecule has 3 heterocycles. The lowest BCUT2D eigenvalue weighted by molar-refractivity contribution is 0.0468. The summed E-state index contributed by atoms with van der Waals surface area (Å²) in [6, 6.07) is 13.9. The fourth-order valence-electron chi connectivity index (χ4n) is 2.61. The van der Waals surface area contributed by atoms with E-state index in [0.717, 1.165) is 22.3 Å². The lowest BCUT2D eigenvalue weighted by Gasteiger charge is -2.01. The second-order valence-electron chi connectivity index (χ2n) is 5.35. The molecule has 5 heteroatoms. The van der Waals surface area contributed by atoms with Crippen molar-refractivity contribution in [2.75, 3.05) is 0 Å². The summed E-state index contributed by atoms with van der Waals surface area (Å²) in [4.78, 5) is 16.6. The Morgan fingerprint density at radius 3 is 2.96 bits per heavy atom. The molecule has 1 aromatic carbocycles. The normalized spacial score (nSPS) is 11.2. The van der Waals surface area contributed by atoms with Gasteiger partial charge in [-0.05, 0) is 35.9 Å². The smallest absolute Gasteiger partial charge is 0.358 e. The molecule has 0 amide bonds. The van der Waals surface area contributed by atoms with Crippen LogP contribution in [0.5, 0.6) is 0 Å². The first-order valence-corrected chi connectivity index (χ1v) is 8.17. The van der Waals surface area contributed by atoms with Gasteiger partial charge in [-0.3, -0.25) is 0 Å². The standard InChI is InChI=1S/C18H14N2O2S/c1-12-5-4-8-17-19-15(9-20(12)17)18(21)22-10-13-11-23-16-7-3-2-6-14(13)16/h2-9,11H,10H2,1H3. The van der Waals surface area contributed by atoms with Crippen LogP contribution in [0.4, 0.5) is 0 Å². The zero-order valence-electron chi connectivity index (χ0n) is 12.5. The van der Waals surface area contributed by atoms with Gasteiger partial charge in [-0.25, -0.2) is 9.78 Å². The van der Waals surface area contributed by atoms with Crippen LogP contribution in [0.2, 0.25) is 0 Å². The first kappa shape index (κ1) is 14.0. The van der Waals surface area contributed by atoms with Gasteiger partial charge < -0.3 is 9.14 Å². The molecule has 4 nitrogen and oxygen atoms in total. The van der Waals surface area contributed by atoms with Crippen LogP contribution in [-0.4, -0.2) is 15.4 Å². The van der Waals surface area contributed by atoms with Gasteiger partial charge in [0, 0.05) is 22.2 Å². The number of ether oxygens (including phenoxy) is 1. The SMILES string of the molecule is Cc1cccc2nc(C(=O)OCc3csc4ccccc34)cn12. The summed E-state index contributed by atoms with van der Waals surface area (Å²) >= 11 is 1.66. The maximum Gasteiger partial charge on any atom is 0.358 e. The molecule has 0 aliphatic rings. The second kappa shape index (κ2) is 5.52. The van der Waals surface area contributed by atoms with Gasteiger partial charge in [-0.1, -0.05) is 24.3 Å². The van der Waals surface area contributed by atoms with Crippen LogP contribution in [-0.2, 0) is 11.3 Å². The van der Waals surface area contributed by atoms with Gasteiger partial charge in [0.05, 0.1) is 0 Å². The number of carbonyl (C=O) groups is 1. The fourth-order valence-corrected chi connectivity index (χ4v) is 3.56. The van der Waals surface area contributed by atoms with Crippen molar-refractivity contribution in [2.24, 2.45) is 0 Å². The lowest BCUT2D eigenvalue weighted by Crippen LogP contribution is -2.05. The van der Waals surface area contributed by atoms with Gasteiger partial charge in [0.1, 0.15) is 12.3 Å². The molecule has 114 valence electrons. The Kier molecular flexibility index (Phi) is 3.35. The number of benzene rings is 1. The highest BCUT2D eigenvalue weighted by Crippen LogP contribution is 2.26. The summed E-state index contributed by atoms with van der Waals surface area (Å²) in [7, 11) is 0. The number of nitrogens with zero attached hydrogens (tertiary/aromatic N) is 2. The fraction of sp³-hybridized carbons (Fsp3) is 0.111. The summed E-state index contributed by atoms with van der Waals surface area (Å²) in [5, 5.41) is 3.17. The highest BCUT2D eigenvalue weighted by atomic mass is 32.1. The van der Waals surface area contributed by atoms with Crippen LogP contribution in [0.15, 0.2) is 54.0 Å². The molecule has 3 aromatic heterocycles. The number of rotatable bonds is 3. The van der Waals surface area contributed by atoms with Gasteiger partial charge in [0.2, 0.25) is 0 Å². The molecule has 23 heavy (non-hydrogen) atoms. The third-order valence-corrected chi connectivity index (χ3v) is 4.84. The summed E-state index contributed by atoms with van der Waals surface area (Å²) in [6.07, 6.45) is 1.72. The number of fused-ring (bicyclic) bond motifs is 2. The van der Waals surface area contributed by atoms with E-state index in [4.69, 9.17) is 4.74 Å². The van der Waals surface area contributed by atoms with Crippen molar-refractivity contribution in [3.8, 4) is 0 Å². The zero-order chi connectivity index (χ0) is 15.8. The molecule has 4 rings (SSSR count). The molecule has 0 aliphatic carbocycles. The summed E-state index contributed by atoms with van der Waals surface area (Å²) < 4.78 is 8.52. The van der Waals surface area contributed by atoms with Crippen LogP contribution >= 0.6 is 11.3 Å². The predicted molar refractivity (Wildman–Crippen MR) is 90.9 cm³/mol. The van der Waals surface area contributed by atoms with Gasteiger partial charge in [-0.2, -0.15) is 0 Å². The first-order valence-electron chi connectivity index (χ1n) is 7.29. The van der Waals surface area contributed by atoms with Crippen molar-refractivity contribution in [1.82, 2.24) is 9.38 Å². The molecule has 0 saturated carbocycles. The van der Waals surface area contributed by atoms with E-state index in [1.54, 1.807) is 17.5 Å². The van der Waals surface area contributed by atoms with Crippen molar-refractivity contribution < 1.29 is 9.53 Å². The van der Waals surface area contributed by atoms with Gasteiger partial charge >= 0.3 is 5.97 Å². The number of aromatic nitrogens is 2. The maximum absolute atomic E-state index is 12.3. The average molecular weight is 322 g/mol. The van der Waals surface area contributed by atoms with Crippen molar-refractivity contribution >= 4 is 33.0 Å². The minimum Gasteiger partial charge on any atom is -0.456 e. The van der Waals surface area contributed by atoms with E-state index in [0.29, 0.717) is 5.69 Å². The van der Waals surface area contributed by atoms with Gasteiger partial charge in [-0.15, -0.1) is 11.3 Å². The molecule has 0 spiro atoms. The number of esters is 1. The van der Waals surface area contributed by atoms with Gasteiger partial charge in [0.25, 0.3) is 0 Å². The van der Waals surface area contributed by atoms with Crippen LogP contribution in [0.1, 0.15) is 21.7 Å². The van der Waals surface area contributed by atoms with Crippen molar-refractivity contribution in [3.63, 3.8) is 0 Å². The summed E-state index contributed by atoms with van der Waals surface area (Å²) in [5.41, 5.74) is 3.13. The molecule has 0 fully saturated rings. The topological polar surface area (TPSA) is 43.6 Å². The Balaban J connectivity index is 1.56. The van der Waals surface area contributed by atoms with Crippen molar-refractivity contribution in [2.45, 2.75) is 13.5 Å². The molecular weight excluding hydrogens is 308 g/mol. The Hall–Kier alpha value is -2.66. The van der Waals surface area contributed by atoms with Crippen LogP contribution in [0.25, 0.3) is 15.7 Å². The Labute approximate surface area is 137 Å². The highest BCUT2D eigenvalue weighted by Gasteiger charge is 2.14. The predicted octanol–water partition coefficient (Wildman–Crippen LogP) is 4.21. The number of thiophene rings is 1. The molecule has 0 aliphatic heterocycles. The van der Waals surface area contributed by atoms with E-state index in [-0.39, 0.29) is 6.61 Å². The van der Waals surface area contributed by atoms with Crippen molar-refractivity contribution in [1.29, 1.82) is 0 Å². The van der Waals surface area contributed by atoms with Crippen LogP contribution in [0.3, 0.4) is 0 Å². The molecule has 0 bridgehead atoms. The third-order valence-electron chi connectivity index (χ3n) is 3.82. The largest absolute Gasteiger partial charge is 0.456 e. The third kappa shape index (κ3) is 2.49. The average Bonchev–Trinajstić information content (AvgIpc) is 3.17. The Morgan fingerprint density at radius 1 is 1.22 bits per heavy atom. The number of hydrogen-bond donors (Lipinski definition) is 0. The van der Waals surface area contributed by atoms with Crippen LogP contribution < -0.4 is 0 Å². The minimum absolute atomic E-state index is 0.260. The molecule has 0 unspecified atom stereocenters. The molecule has 4 aromatic rings. The first-order chi connectivity index (χ1) is 11.2. The second-order valence-corrected chi connectivity index (χ2v) is 6.27. The zero-order valence-corrected chi connectivity index (χ0v) is 13.3. The van der Waals surface area contributed by atoms with E-state index in [1.165, 1.54) is 4.70 Å². The Bertz CT molecular complexity index is 1020. The van der Waals surface area contributed by atoms with Crippen LogP contribution in [0, 0.1) is 6.92 Å². The number of imidazole rings is 1. The molecule has 0 atom stereocenters. The highest BCUT2D eigenvalue weighted by molar-refractivity contribution is 7.17. The number of aryl methyl sites for hydroxylation is 1. The number of hydrogen-bond acceptors (Lipinski definition) is 4. The summed E-state index contributed by atoms with van der Waals surface area (Å²) in [6.45, 7) is 2.23. The van der Waals surface area contributed by atoms with E-state index in [2.05, 4.69) is 11.1 Å². The molecule has 0 saturated heterocycles. The molecular formula is C18H14N2O2S. The number of pyridine rings is 1. The van der Waals surface area contributed by atoms with E-state index in [9.17, 15) is 4.79 Å². The monoisotopic (exact) mass is 322 g/mol. The Morgan fingerprint density at radius 2 is 2.09 bits per heavy atom. The van der Waals surface area contributed by atoms with Gasteiger partial charge in [0.15, 0.2) is 5.69 Å². The van der Waals surface area contributed by atoms with Crippen molar-refractivity contribution in [3.05, 3.63) is 71.0 Å². The van der Waals surface area contributed by atoms with E-state index >= 15 is 0 Å². The maximum atomic E-state index is 12.3. The molecule has 0 radical (unpaired) electrons. The lowest BCUT2D eigenvalue weighted by atomic mass is 10.2. The number of carbonyl (C=O) groups excluding carboxylic acids is 1.